The molecule has 3 aromatic rings. The molecule has 0 fully saturated rings. The number of hydrogen-bond donors (Lipinski definition) is 2. The average Bonchev–Trinajstić information content (AvgIpc) is 3.14. The Hall–Kier alpha value is -3.33. The van der Waals surface area contributed by atoms with Crippen molar-refractivity contribution in [1.82, 2.24) is 15.8 Å². The molecule has 28 heavy (non-hydrogen) atoms. The van der Waals surface area contributed by atoms with Crippen molar-refractivity contribution in [3.8, 4) is 16.3 Å². The third-order valence-electron chi connectivity index (χ3n) is 3.52. The van der Waals surface area contributed by atoms with Gasteiger partial charge in [-0.25, -0.2) is 13.8 Å². The number of ether oxygens (including phenoxy) is 1. The molecule has 0 saturated heterocycles. The maximum atomic E-state index is 13.4. The number of carbonyl (C=O) groups is 2. The summed E-state index contributed by atoms with van der Waals surface area (Å²) < 4.78 is 31.4. The fraction of sp³-hybridized carbons (Fsp3) is 0.105. The van der Waals surface area contributed by atoms with Gasteiger partial charge in [-0.2, -0.15) is 0 Å². The van der Waals surface area contributed by atoms with Crippen LogP contribution in [0.1, 0.15) is 5.69 Å². The molecule has 2 N–H and O–H groups in total. The number of thiazole rings is 1. The van der Waals surface area contributed by atoms with Crippen molar-refractivity contribution >= 4 is 23.2 Å². The maximum Gasteiger partial charge on any atom is 0.276 e. The van der Waals surface area contributed by atoms with Crippen LogP contribution in [0.2, 0.25) is 0 Å². The monoisotopic (exact) mass is 403 g/mol. The molecule has 0 atom stereocenters. The Morgan fingerprint density at radius 3 is 2.46 bits per heavy atom. The summed E-state index contributed by atoms with van der Waals surface area (Å²) in [6.07, 6.45) is -0.0495. The van der Waals surface area contributed by atoms with Crippen molar-refractivity contribution in [1.29, 1.82) is 0 Å². The van der Waals surface area contributed by atoms with E-state index in [0.717, 1.165) is 5.56 Å². The number of benzene rings is 2. The smallest absolute Gasteiger partial charge is 0.276 e. The van der Waals surface area contributed by atoms with Crippen LogP contribution >= 0.6 is 11.3 Å². The Kier molecular flexibility index (Phi) is 6.28. The zero-order chi connectivity index (χ0) is 19.9. The minimum absolute atomic E-state index is 0.0495. The van der Waals surface area contributed by atoms with Crippen LogP contribution in [0.5, 0.6) is 5.75 Å². The van der Waals surface area contributed by atoms with Crippen LogP contribution in [0, 0.1) is 11.6 Å². The van der Waals surface area contributed by atoms with Gasteiger partial charge in [0.25, 0.3) is 5.91 Å². The second kappa shape index (κ2) is 9.05. The first-order valence-corrected chi connectivity index (χ1v) is 9.04. The van der Waals surface area contributed by atoms with Crippen LogP contribution in [0.15, 0.2) is 53.9 Å². The molecule has 3 rings (SSSR count). The summed E-state index contributed by atoms with van der Waals surface area (Å²) in [5.74, 6) is -2.09. The minimum atomic E-state index is -0.637. The fourth-order valence-corrected chi connectivity index (χ4v) is 3.03. The van der Waals surface area contributed by atoms with Gasteiger partial charge < -0.3 is 4.74 Å². The molecule has 0 aliphatic carbocycles. The number of nitrogens with one attached hydrogen (secondary N) is 2. The summed E-state index contributed by atoms with van der Waals surface area (Å²) in [6.45, 7) is -0.452. The van der Waals surface area contributed by atoms with E-state index in [2.05, 4.69) is 15.8 Å². The van der Waals surface area contributed by atoms with E-state index in [9.17, 15) is 18.4 Å². The van der Waals surface area contributed by atoms with Crippen molar-refractivity contribution < 1.29 is 23.1 Å². The zero-order valence-corrected chi connectivity index (χ0v) is 15.3. The number of para-hydroxylation sites is 1. The molecule has 0 aliphatic heterocycles. The number of amides is 2. The molecule has 0 bridgehead atoms. The molecule has 0 spiro atoms. The summed E-state index contributed by atoms with van der Waals surface area (Å²) in [7, 11) is 0. The van der Waals surface area contributed by atoms with Crippen molar-refractivity contribution in [3.05, 3.63) is 71.2 Å². The first-order chi connectivity index (χ1) is 13.5. The number of carbonyl (C=O) groups excluding carboxylic acids is 2. The molecule has 2 aromatic carbocycles. The standard InChI is InChI=1S/C19H15F2N3O3S/c20-13-7-5-12(6-8-13)19-22-14(11-28-19)9-17(25)23-24-18(26)10-27-16-4-2-1-3-15(16)21/h1-8,11H,9-10H2,(H,23,25)(H,24,26). The summed E-state index contributed by atoms with van der Waals surface area (Å²) >= 11 is 1.33. The van der Waals surface area contributed by atoms with Crippen LogP contribution in [-0.2, 0) is 16.0 Å². The summed E-state index contributed by atoms with van der Waals surface area (Å²) in [5.41, 5.74) is 5.69. The van der Waals surface area contributed by atoms with Gasteiger partial charge in [0.15, 0.2) is 18.2 Å². The average molecular weight is 403 g/mol. The zero-order valence-electron chi connectivity index (χ0n) is 14.4. The van der Waals surface area contributed by atoms with E-state index in [4.69, 9.17) is 4.74 Å². The molecule has 0 aliphatic rings. The third kappa shape index (κ3) is 5.34. The topological polar surface area (TPSA) is 80.3 Å². The molecule has 0 saturated carbocycles. The third-order valence-corrected chi connectivity index (χ3v) is 4.46. The van der Waals surface area contributed by atoms with Gasteiger partial charge in [-0.1, -0.05) is 12.1 Å². The van der Waals surface area contributed by atoms with Crippen molar-refractivity contribution in [2.24, 2.45) is 0 Å². The van der Waals surface area contributed by atoms with Crippen LogP contribution < -0.4 is 15.6 Å². The van der Waals surface area contributed by atoms with Gasteiger partial charge in [-0.05, 0) is 36.4 Å². The molecule has 2 amide bonds. The number of hydrazine groups is 1. The second-order valence-electron chi connectivity index (χ2n) is 5.64. The van der Waals surface area contributed by atoms with Gasteiger partial charge in [0, 0.05) is 10.9 Å². The predicted molar refractivity (Wildman–Crippen MR) is 99.4 cm³/mol. The van der Waals surface area contributed by atoms with Gasteiger partial charge in [-0.3, -0.25) is 20.4 Å². The highest BCUT2D eigenvalue weighted by molar-refractivity contribution is 7.13. The Labute approximate surface area is 163 Å². The molecule has 1 heterocycles. The van der Waals surface area contributed by atoms with Gasteiger partial charge >= 0.3 is 0 Å². The van der Waals surface area contributed by atoms with E-state index in [1.54, 1.807) is 23.6 Å². The predicted octanol–water partition coefficient (Wildman–Crippen LogP) is 2.86. The Bertz CT molecular complexity index is 977. The lowest BCUT2D eigenvalue weighted by atomic mass is 10.2. The summed E-state index contributed by atoms with van der Waals surface area (Å²) in [4.78, 5) is 27.9. The number of rotatable bonds is 6. The van der Waals surface area contributed by atoms with Crippen LogP contribution in [0.3, 0.4) is 0 Å². The molecule has 6 nitrogen and oxygen atoms in total. The Morgan fingerprint density at radius 2 is 1.71 bits per heavy atom. The van der Waals surface area contributed by atoms with E-state index in [-0.39, 0.29) is 18.0 Å². The maximum absolute atomic E-state index is 13.4. The number of nitrogens with zero attached hydrogens (tertiary/aromatic N) is 1. The number of aromatic nitrogens is 1. The van der Waals surface area contributed by atoms with Gasteiger partial charge in [0.05, 0.1) is 12.1 Å². The first kappa shape index (κ1) is 19.4. The van der Waals surface area contributed by atoms with Crippen LogP contribution in [0.25, 0.3) is 10.6 Å². The van der Waals surface area contributed by atoms with Gasteiger partial charge in [-0.15, -0.1) is 11.3 Å². The van der Waals surface area contributed by atoms with Gasteiger partial charge in [0.1, 0.15) is 10.8 Å². The Morgan fingerprint density at radius 1 is 1.00 bits per heavy atom. The largest absolute Gasteiger partial charge is 0.481 e. The second-order valence-corrected chi connectivity index (χ2v) is 6.50. The van der Waals surface area contributed by atoms with E-state index >= 15 is 0 Å². The van der Waals surface area contributed by atoms with E-state index in [0.29, 0.717) is 10.7 Å². The SMILES string of the molecule is O=C(COc1ccccc1F)NNC(=O)Cc1csc(-c2ccc(F)cc2)n1. The Balaban J connectivity index is 1.45. The summed E-state index contributed by atoms with van der Waals surface area (Å²) in [6, 6.07) is 11.6. The lowest BCUT2D eigenvalue weighted by Crippen LogP contribution is -2.44. The highest BCUT2D eigenvalue weighted by Crippen LogP contribution is 2.24. The summed E-state index contributed by atoms with van der Waals surface area (Å²) in [5, 5.41) is 2.37. The quantitative estimate of drug-likeness (QED) is 0.621. The molecule has 0 radical (unpaired) electrons. The van der Waals surface area contributed by atoms with E-state index in [1.807, 2.05) is 0 Å². The molecule has 144 valence electrons. The van der Waals surface area contributed by atoms with Crippen LogP contribution in [-0.4, -0.2) is 23.4 Å². The van der Waals surface area contributed by atoms with Crippen molar-refractivity contribution in [3.63, 3.8) is 0 Å². The normalized spacial score (nSPS) is 10.4. The van der Waals surface area contributed by atoms with E-state index < -0.39 is 24.2 Å². The molecule has 9 heteroatoms. The minimum Gasteiger partial charge on any atom is -0.481 e. The van der Waals surface area contributed by atoms with Gasteiger partial charge in [0.2, 0.25) is 5.91 Å². The highest BCUT2D eigenvalue weighted by Gasteiger charge is 2.11. The molecular formula is C19H15F2N3O3S. The molecular weight excluding hydrogens is 388 g/mol. The molecule has 1 aromatic heterocycles. The number of hydrogen-bond acceptors (Lipinski definition) is 5. The van der Waals surface area contributed by atoms with Crippen molar-refractivity contribution in [2.45, 2.75) is 6.42 Å². The lowest BCUT2D eigenvalue weighted by Gasteiger charge is -2.08. The number of halogens is 2. The van der Waals surface area contributed by atoms with Crippen molar-refractivity contribution in [2.75, 3.05) is 6.61 Å². The molecule has 0 unspecified atom stereocenters. The fourth-order valence-electron chi connectivity index (χ4n) is 2.20. The highest BCUT2D eigenvalue weighted by atomic mass is 32.1. The first-order valence-electron chi connectivity index (χ1n) is 8.16. The van der Waals surface area contributed by atoms with E-state index in [1.165, 1.54) is 41.7 Å². The van der Waals surface area contributed by atoms with Crippen LogP contribution in [0.4, 0.5) is 8.78 Å². The lowest BCUT2D eigenvalue weighted by molar-refractivity contribution is -0.129.